The van der Waals surface area contributed by atoms with Crippen LogP contribution < -0.4 is 5.32 Å². The molecular weight excluding hydrogens is 424 g/mol. The SMILES string of the molecule is CC(/C=C1\SC(=S)N(CC(=O)Nc2cccc3ccccc23)C1=O)=C\c1ccccc1. The van der Waals surface area contributed by atoms with Crippen LogP contribution in [-0.4, -0.2) is 27.6 Å². The lowest BCUT2D eigenvalue weighted by atomic mass is 10.1. The number of thioether (sulfide) groups is 1. The number of carbonyl (C=O) groups is 2. The van der Waals surface area contributed by atoms with Gasteiger partial charge in [0.1, 0.15) is 10.9 Å². The summed E-state index contributed by atoms with van der Waals surface area (Å²) in [5, 5.41) is 4.89. The van der Waals surface area contributed by atoms with Crippen LogP contribution in [-0.2, 0) is 9.59 Å². The maximum Gasteiger partial charge on any atom is 0.266 e. The first-order chi connectivity index (χ1) is 15.0. The third-order valence-electron chi connectivity index (χ3n) is 4.79. The van der Waals surface area contributed by atoms with Crippen LogP contribution in [0.1, 0.15) is 12.5 Å². The highest BCUT2D eigenvalue weighted by molar-refractivity contribution is 8.26. The van der Waals surface area contributed by atoms with Crippen molar-refractivity contribution in [3.05, 3.63) is 94.9 Å². The number of carbonyl (C=O) groups excluding carboxylic acids is 2. The van der Waals surface area contributed by atoms with Crippen molar-refractivity contribution in [2.24, 2.45) is 0 Å². The molecule has 3 aromatic carbocycles. The minimum absolute atomic E-state index is 0.118. The molecule has 0 bridgehead atoms. The normalized spacial score (nSPS) is 15.7. The average Bonchev–Trinajstić information content (AvgIpc) is 3.02. The van der Waals surface area contributed by atoms with E-state index >= 15 is 0 Å². The molecule has 0 aromatic heterocycles. The van der Waals surface area contributed by atoms with E-state index in [0.717, 1.165) is 21.9 Å². The van der Waals surface area contributed by atoms with Gasteiger partial charge in [-0.25, -0.2) is 0 Å². The van der Waals surface area contributed by atoms with Gasteiger partial charge in [0, 0.05) is 11.1 Å². The standard InChI is InChI=1S/C25H20N2O2S2/c1-17(14-18-8-3-2-4-9-18)15-22-24(29)27(25(30)31-22)16-23(28)26-21-13-7-11-19-10-5-6-12-20(19)21/h2-15H,16H2,1H3,(H,26,28)/b17-14+,22-15-. The molecular formula is C25H20N2O2S2. The Morgan fingerprint density at radius 2 is 1.74 bits per heavy atom. The van der Waals surface area contributed by atoms with Crippen molar-refractivity contribution < 1.29 is 9.59 Å². The maximum atomic E-state index is 12.8. The molecule has 0 aliphatic carbocycles. The van der Waals surface area contributed by atoms with Gasteiger partial charge in [-0.15, -0.1) is 0 Å². The van der Waals surface area contributed by atoms with Gasteiger partial charge in [-0.3, -0.25) is 14.5 Å². The van der Waals surface area contributed by atoms with Gasteiger partial charge in [0.05, 0.1) is 4.91 Å². The molecule has 1 aliphatic rings. The van der Waals surface area contributed by atoms with Crippen molar-refractivity contribution in [1.29, 1.82) is 0 Å². The van der Waals surface area contributed by atoms with Crippen LogP contribution in [0.2, 0.25) is 0 Å². The van der Waals surface area contributed by atoms with Gasteiger partial charge < -0.3 is 5.32 Å². The number of thiocarbonyl (C=S) groups is 1. The van der Waals surface area contributed by atoms with Crippen LogP contribution in [0.25, 0.3) is 16.8 Å². The Balaban J connectivity index is 1.46. The fourth-order valence-corrected chi connectivity index (χ4v) is 4.67. The molecule has 0 radical (unpaired) electrons. The molecule has 154 valence electrons. The number of allylic oxidation sites excluding steroid dienone is 2. The van der Waals surface area contributed by atoms with E-state index in [4.69, 9.17) is 12.2 Å². The molecule has 1 fully saturated rings. The minimum Gasteiger partial charge on any atom is -0.324 e. The van der Waals surface area contributed by atoms with Crippen molar-refractivity contribution in [2.45, 2.75) is 6.92 Å². The van der Waals surface area contributed by atoms with Crippen molar-refractivity contribution in [3.63, 3.8) is 0 Å². The predicted molar refractivity (Wildman–Crippen MR) is 133 cm³/mol. The first-order valence-electron chi connectivity index (χ1n) is 9.77. The summed E-state index contributed by atoms with van der Waals surface area (Å²) in [6.45, 7) is 1.82. The second kappa shape index (κ2) is 9.29. The van der Waals surface area contributed by atoms with Crippen LogP contribution in [0, 0.1) is 0 Å². The summed E-state index contributed by atoms with van der Waals surface area (Å²) in [6.07, 6.45) is 3.81. The molecule has 0 saturated carbocycles. The molecule has 0 unspecified atom stereocenters. The highest BCUT2D eigenvalue weighted by Crippen LogP contribution is 2.32. The van der Waals surface area contributed by atoms with Gasteiger partial charge in [0.2, 0.25) is 5.91 Å². The minimum atomic E-state index is -0.287. The summed E-state index contributed by atoms with van der Waals surface area (Å²) in [4.78, 5) is 27.4. The van der Waals surface area contributed by atoms with E-state index in [1.807, 2.05) is 91.9 Å². The summed E-state index contributed by atoms with van der Waals surface area (Å²) in [6, 6.07) is 23.4. The molecule has 4 nitrogen and oxygen atoms in total. The zero-order valence-corrected chi connectivity index (χ0v) is 18.5. The molecule has 2 amide bonds. The first-order valence-corrected chi connectivity index (χ1v) is 11.0. The third kappa shape index (κ3) is 4.93. The highest BCUT2D eigenvalue weighted by atomic mass is 32.2. The maximum absolute atomic E-state index is 12.8. The van der Waals surface area contributed by atoms with E-state index in [1.54, 1.807) is 0 Å². The molecule has 1 aliphatic heterocycles. The second-order valence-electron chi connectivity index (χ2n) is 7.14. The summed E-state index contributed by atoms with van der Waals surface area (Å²) >= 11 is 6.58. The summed E-state index contributed by atoms with van der Waals surface area (Å²) in [5.41, 5.74) is 2.71. The first kappa shape index (κ1) is 21.0. The zero-order chi connectivity index (χ0) is 21.8. The van der Waals surface area contributed by atoms with E-state index < -0.39 is 0 Å². The number of hydrogen-bond acceptors (Lipinski definition) is 4. The lowest BCUT2D eigenvalue weighted by molar-refractivity contribution is -0.126. The molecule has 1 heterocycles. The molecule has 6 heteroatoms. The summed E-state index contributed by atoms with van der Waals surface area (Å²) in [7, 11) is 0. The number of rotatable bonds is 5. The molecule has 4 rings (SSSR count). The molecule has 0 atom stereocenters. The number of benzene rings is 3. The average molecular weight is 445 g/mol. The summed E-state index contributed by atoms with van der Waals surface area (Å²) < 4.78 is 0.386. The van der Waals surface area contributed by atoms with Gasteiger partial charge in [-0.1, -0.05) is 96.8 Å². The van der Waals surface area contributed by atoms with E-state index in [9.17, 15) is 9.59 Å². The van der Waals surface area contributed by atoms with E-state index in [0.29, 0.717) is 14.9 Å². The van der Waals surface area contributed by atoms with Crippen molar-refractivity contribution in [1.82, 2.24) is 4.90 Å². The smallest absolute Gasteiger partial charge is 0.266 e. The number of nitrogens with one attached hydrogen (secondary N) is 1. The van der Waals surface area contributed by atoms with Crippen LogP contribution >= 0.6 is 24.0 Å². The van der Waals surface area contributed by atoms with E-state index in [1.165, 1.54) is 16.7 Å². The Hall–Kier alpha value is -3.22. The monoisotopic (exact) mass is 444 g/mol. The number of nitrogens with zero attached hydrogens (tertiary/aromatic N) is 1. The summed E-state index contributed by atoms with van der Waals surface area (Å²) in [5.74, 6) is -0.533. The Kier molecular flexibility index (Phi) is 6.30. The Morgan fingerprint density at radius 3 is 2.55 bits per heavy atom. The number of anilines is 1. The van der Waals surface area contributed by atoms with E-state index in [2.05, 4.69) is 5.32 Å². The largest absolute Gasteiger partial charge is 0.324 e. The van der Waals surface area contributed by atoms with Crippen LogP contribution in [0.4, 0.5) is 5.69 Å². The lowest BCUT2D eigenvalue weighted by Gasteiger charge is -2.15. The van der Waals surface area contributed by atoms with Crippen LogP contribution in [0.3, 0.4) is 0 Å². The Bertz CT molecular complexity index is 1230. The molecule has 1 saturated heterocycles. The predicted octanol–water partition coefficient (Wildman–Crippen LogP) is 5.63. The number of amides is 2. The van der Waals surface area contributed by atoms with Crippen molar-refractivity contribution in [2.75, 3.05) is 11.9 Å². The van der Waals surface area contributed by atoms with Crippen molar-refractivity contribution in [3.8, 4) is 0 Å². The second-order valence-corrected chi connectivity index (χ2v) is 8.82. The number of hydrogen-bond donors (Lipinski definition) is 1. The lowest BCUT2D eigenvalue weighted by Crippen LogP contribution is -2.36. The van der Waals surface area contributed by atoms with Gasteiger partial charge in [0.15, 0.2) is 0 Å². The topological polar surface area (TPSA) is 49.4 Å². The fourth-order valence-electron chi connectivity index (χ4n) is 3.36. The van der Waals surface area contributed by atoms with Gasteiger partial charge in [-0.05, 0) is 35.6 Å². The third-order valence-corrected chi connectivity index (χ3v) is 6.17. The quantitative estimate of drug-likeness (QED) is 0.410. The molecule has 0 spiro atoms. The number of fused-ring (bicyclic) bond motifs is 1. The van der Waals surface area contributed by atoms with Gasteiger partial charge in [-0.2, -0.15) is 0 Å². The highest BCUT2D eigenvalue weighted by Gasteiger charge is 2.33. The Morgan fingerprint density at radius 1 is 1.03 bits per heavy atom. The fraction of sp³-hybridized carbons (Fsp3) is 0.0800. The molecule has 31 heavy (non-hydrogen) atoms. The Labute approximate surface area is 190 Å². The molecule has 1 N–H and O–H groups in total. The van der Waals surface area contributed by atoms with Crippen LogP contribution in [0.5, 0.6) is 0 Å². The molecule has 3 aromatic rings. The van der Waals surface area contributed by atoms with Gasteiger partial charge in [0.25, 0.3) is 5.91 Å². The zero-order valence-electron chi connectivity index (χ0n) is 16.9. The van der Waals surface area contributed by atoms with Gasteiger partial charge >= 0.3 is 0 Å². The van der Waals surface area contributed by atoms with E-state index in [-0.39, 0.29) is 18.4 Å². The van der Waals surface area contributed by atoms with Crippen LogP contribution in [0.15, 0.2) is 89.4 Å². The van der Waals surface area contributed by atoms with Crippen molar-refractivity contribution >= 4 is 62.7 Å².